The van der Waals surface area contributed by atoms with Crippen LogP contribution in [0.15, 0.2) is 74.5 Å². The highest BCUT2D eigenvalue weighted by molar-refractivity contribution is 6.03. The van der Waals surface area contributed by atoms with Crippen LogP contribution in [0.3, 0.4) is 0 Å². The van der Waals surface area contributed by atoms with Crippen molar-refractivity contribution in [3.8, 4) is 11.1 Å². The molecule has 0 saturated carbocycles. The van der Waals surface area contributed by atoms with Crippen molar-refractivity contribution in [3.05, 3.63) is 82.4 Å². The first-order chi connectivity index (χ1) is 14.5. The molecule has 2 aromatic heterocycles. The van der Waals surface area contributed by atoms with Crippen LogP contribution in [0.5, 0.6) is 0 Å². The predicted octanol–water partition coefficient (Wildman–Crippen LogP) is 5.69. The number of carboxylic acid groups (broad SMARTS) is 1. The van der Waals surface area contributed by atoms with Crippen LogP contribution in [-0.4, -0.2) is 11.1 Å². The van der Waals surface area contributed by atoms with Gasteiger partial charge < -0.3 is 13.9 Å². The number of aryl methyl sites for hydroxylation is 1. The molecule has 0 amide bonds. The number of rotatable bonds is 4. The lowest BCUT2D eigenvalue weighted by molar-refractivity contribution is -0.136. The van der Waals surface area contributed by atoms with Crippen LogP contribution >= 0.6 is 0 Å². The second-order valence-electron chi connectivity index (χ2n) is 7.44. The average Bonchev–Trinajstić information content (AvgIpc) is 3.14. The molecule has 0 fully saturated rings. The lowest BCUT2D eigenvalue weighted by Crippen LogP contribution is -2.12. The number of aliphatic carboxylic acids is 1. The Kier molecular flexibility index (Phi) is 4.17. The summed E-state index contributed by atoms with van der Waals surface area (Å²) in [4.78, 5) is 23.3. The largest absolute Gasteiger partial charge is 0.481 e. The van der Waals surface area contributed by atoms with E-state index >= 15 is 0 Å². The van der Waals surface area contributed by atoms with Crippen LogP contribution in [0.25, 0.3) is 43.8 Å². The minimum Gasteiger partial charge on any atom is -0.481 e. The summed E-state index contributed by atoms with van der Waals surface area (Å²) in [5, 5.41) is 13.0. The fourth-order valence-corrected chi connectivity index (χ4v) is 4.01. The first kappa shape index (κ1) is 18.2. The van der Waals surface area contributed by atoms with Crippen molar-refractivity contribution in [2.75, 3.05) is 0 Å². The summed E-state index contributed by atoms with van der Waals surface area (Å²) in [6.45, 7) is 1.83. The van der Waals surface area contributed by atoms with Gasteiger partial charge in [-0.25, -0.2) is 4.79 Å². The molecule has 5 heteroatoms. The Bertz CT molecular complexity index is 1500. The Labute approximate surface area is 171 Å². The third kappa shape index (κ3) is 2.95. The summed E-state index contributed by atoms with van der Waals surface area (Å²) in [5.74, 6) is -0.947. The van der Waals surface area contributed by atoms with Gasteiger partial charge in [-0.3, -0.25) is 4.79 Å². The van der Waals surface area contributed by atoms with E-state index in [1.54, 1.807) is 12.3 Å². The van der Waals surface area contributed by atoms with Gasteiger partial charge >= 0.3 is 11.6 Å². The zero-order chi connectivity index (χ0) is 20.8. The molecule has 0 unspecified atom stereocenters. The van der Waals surface area contributed by atoms with E-state index in [2.05, 4.69) is 30.3 Å². The molecule has 5 nitrogen and oxygen atoms in total. The highest BCUT2D eigenvalue weighted by Crippen LogP contribution is 2.35. The van der Waals surface area contributed by atoms with E-state index in [-0.39, 0.29) is 12.8 Å². The molecule has 0 bridgehead atoms. The van der Waals surface area contributed by atoms with Gasteiger partial charge in [0.2, 0.25) is 0 Å². The zero-order valence-corrected chi connectivity index (χ0v) is 16.3. The zero-order valence-electron chi connectivity index (χ0n) is 16.3. The molecule has 1 N–H and O–H groups in total. The first-order valence-corrected chi connectivity index (χ1v) is 9.70. The van der Waals surface area contributed by atoms with Gasteiger partial charge in [0.15, 0.2) is 0 Å². The highest BCUT2D eigenvalue weighted by atomic mass is 16.4. The summed E-state index contributed by atoms with van der Waals surface area (Å²) in [6, 6.07) is 18.1. The number of carbonyl (C=O) groups is 1. The van der Waals surface area contributed by atoms with E-state index in [0.717, 1.165) is 32.8 Å². The standard InChI is InChI=1S/C25H18O5/c1-14-18(8-9-24(26)27)25(28)30-23-12-22-20(11-19(14)23)21(13-29-22)17-7-6-15-4-2-3-5-16(15)10-17/h2-7,10-13H,8-9H2,1H3,(H,26,27). The molecule has 0 aliphatic rings. The van der Waals surface area contributed by atoms with E-state index in [1.807, 2.05) is 25.1 Å². The molecule has 5 rings (SSSR count). The maximum atomic E-state index is 12.4. The molecule has 0 radical (unpaired) electrons. The Balaban J connectivity index is 1.71. The maximum absolute atomic E-state index is 12.4. The van der Waals surface area contributed by atoms with Gasteiger partial charge in [-0.2, -0.15) is 0 Å². The molecular weight excluding hydrogens is 380 g/mol. The Morgan fingerprint density at radius 2 is 1.77 bits per heavy atom. The van der Waals surface area contributed by atoms with Gasteiger partial charge in [-0.05, 0) is 47.4 Å². The number of hydrogen-bond acceptors (Lipinski definition) is 4. The maximum Gasteiger partial charge on any atom is 0.339 e. The number of benzene rings is 3. The molecule has 3 aromatic carbocycles. The quantitative estimate of drug-likeness (QED) is 0.394. The third-order valence-corrected chi connectivity index (χ3v) is 5.63. The summed E-state index contributed by atoms with van der Waals surface area (Å²) in [5.41, 5.74) is 3.70. The van der Waals surface area contributed by atoms with Crippen molar-refractivity contribution < 1.29 is 18.7 Å². The topological polar surface area (TPSA) is 80.6 Å². The number of hydrogen-bond donors (Lipinski definition) is 1. The van der Waals surface area contributed by atoms with Crippen molar-refractivity contribution in [3.63, 3.8) is 0 Å². The molecular formula is C25H18O5. The molecule has 0 saturated heterocycles. The molecule has 0 aliphatic carbocycles. The minimum atomic E-state index is -0.947. The summed E-state index contributed by atoms with van der Waals surface area (Å²) in [7, 11) is 0. The van der Waals surface area contributed by atoms with Crippen molar-refractivity contribution >= 4 is 38.7 Å². The second-order valence-corrected chi connectivity index (χ2v) is 7.44. The smallest absolute Gasteiger partial charge is 0.339 e. The minimum absolute atomic E-state index is 0.118. The van der Waals surface area contributed by atoms with Crippen LogP contribution in [0.1, 0.15) is 17.5 Å². The Morgan fingerprint density at radius 3 is 2.57 bits per heavy atom. The highest BCUT2D eigenvalue weighted by Gasteiger charge is 2.16. The lowest BCUT2D eigenvalue weighted by Gasteiger charge is -2.08. The van der Waals surface area contributed by atoms with Crippen molar-refractivity contribution in [2.24, 2.45) is 0 Å². The average molecular weight is 398 g/mol. The monoisotopic (exact) mass is 398 g/mol. The molecule has 148 valence electrons. The van der Waals surface area contributed by atoms with E-state index in [1.165, 1.54) is 5.39 Å². The summed E-state index contributed by atoms with van der Waals surface area (Å²) >= 11 is 0. The molecule has 0 atom stereocenters. The second kappa shape index (κ2) is 6.88. The predicted molar refractivity (Wildman–Crippen MR) is 116 cm³/mol. The van der Waals surface area contributed by atoms with Crippen LogP contribution in [-0.2, 0) is 11.2 Å². The third-order valence-electron chi connectivity index (χ3n) is 5.63. The van der Waals surface area contributed by atoms with Gasteiger partial charge in [0.05, 0.1) is 6.26 Å². The van der Waals surface area contributed by atoms with E-state index in [9.17, 15) is 9.59 Å². The van der Waals surface area contributed by atoms with Crippen LogP contribution in [0.2, 0.25) is 0 Å². The van der Waals surface area contributed by atoms with E-state index < -0.39 is 11.6 Å². The van der Waals surface area contributed by atoms with Gasteiger partial charge in [0.25, 0.3) is 0 Å². The van der Waals surface area contributed by atoms with Crippen molar-refractivity contribution in [1.82, 2.24) is 0 Å². The first-order valence-electron chi connectivity index (χ1n) is 9.70. The van der Waals surface area contributed by atoms with Crippen molar-refractivity contribution in [1.29, 1.82) is 0 Å². The van der Waals surface area contributed by atoms with Gasteiger partial charge in [-0.1, -0.05) is 36.4 Å². The Morgan fingerprint density at radius 1 is 0.967 bits per heavy atom. The number of furan rings is 1. The molecule has 0 spiro atoms. The summed E-state index contributed by atoms with van der Waals surface area (Å²) < 4.78 is 11.3. The van der Waals surface area contributed by atoms with E-state index in [0.29, 0.717) is 16.7 Å². The normalized spacial score (nSPS) is 11.5. The van der Waals surface area contributed by atoms with Gasteiger partial charge in [0.1, 0.15) is 11.2 Å². The molecule has 5 aromatic rings. The van der Waals surface area contributed by atoms with Crippen molar-refractivity contribution in [2.45, 2.75) is 19.8 Å². The molecule has 30 heavy (non-hydrogen) atoms. The molecule has 2 heterocycles. The number of fused-ring (bicyclic) bond motifs is 3. The van der Waals surface area contributed by atoms with E-state index in [4.69, 9.17) is 13.9 Å². The van der Waals surface area contributed by atoms with Crippen LogP contribution in [0.4, 0.5) is 0 Å². The van der Waals surface area contributed by atoms with Gasteiger partial charge in [-0.15, -0.1) is 0 Å². The molecule has 0 aliphatic heterocycles. The summed E-state index contributed by atoms with van der Waals surface area (Å²) in [6.07, 6.45) is 1.74. The Hall–Kier alpha value is -3.86. The van der Waals surface area contributed by atoms with Crippen LogP contribution < -0.4 is 5.63 Å². The van der Waals surface area contributed by atoms with Gasteiger partial charge in [0, 0.05) is 34.4 Å². The van der Waals surface area contributed by atoms with Crippen LogP contribution in [0, 0.1) is 6.92 Å². The SMILES string of the molecule is Cc1c(CCC(=O)O)c(=O)oc2cc3occ(-c4ccc5ccccc5c4)c3cc12. The fourth-order valence-electron chi connectivity index (χ4n) is 4.01. The fraction of sp³-hybridized carbons (Fsp3) is 0.120. The number of carboxylic acids is 1. The lowest BCUT2D eigenvalue weighted by atomic mass is 9.98.